The first-order valence-electron chi connectivity index (χ1n) is 8.63. The molecule has 1 unspecified atom stereocenters. The van der Waals surface area contributed by atoms with Crippen LogP contribution in [-0.4, -0.2) is 34.7 Å². The van der Waals surface area contributed by atoms with Crippen LogP contribution >= 0.6 is 11.3 Å². The SMILES string of the molecule is CC(c1nc(-c2cccs2)no1)N1C[C@@H](CN)[C@H](c2ccccc2)C1. The van der Waals surface area contributed by atoms with Gasteiger partial charge >= 0.3 is 0 Å². The molecule has 3 aromatic rings. The standard InChI is InChI=1S/C19H22N4OS/c1-13(19-21-18(22-24-19)17-8-5-9-25-17)23-11-15(10-20)16(12-23)14-6-3-2-4-7-14/h2-9,13,15-16H,10-12,20H2,1H3/t13?,15-,16+/m1/s1. The summed E-state index contributed by atoms with van der Waals surface area (Å²) < 4.78 is 5.55. The molecule has 2 aromatic heterocycles. The first kappa shape index (κ1) is 16.4. The van der Waals surface area contributed by atoms with Crippen LogP contribution in [0.3, 0.4) is 0 Å². The molecule has 1 aliphatic rings. The summed E-state index contributed by atoms with van der Waals surface area (Å²) in [5.74, 6) is 2.25. The number of hydrogen-bond donors (Lipinski definition) is 1. The minimum Gasteiger partial charge on any atom is -0.337 e. The van der Waals surface area contributed by atoms with Crippen molar-refractivity contribution in [1.82, 2.24) is 15.0 Å². The summed E-state index contributed by atoms with van der Waals surface area (Å²) in [6.45, 7) is 4.73. The molecule has 5 nitrogen and oxygen atoms in total. The third kappa shape index (κ3) is 3.25. The van der Waals surface area contributed by atoms with Gasteiger partial charge in [-0.2, -0.15) is 4.98 Å². The van der Waals surface area contributed by atoms with Crippen molar-refractivity contribution in [1.29, 1.82) is 0 Å². The number of likely N-dealkylation sites (tertiary alicyclic amines) is 1. The highest BCUT2D eigenvalue weighted by molar-refractivity contribution is 7.13. The van der Waals surface area contributed by atoms with Gasteiger partial charge in [0.2, 0.25) is 11.7 Å². The lowest BCUT2D eigenvalue weighted by molar-refractivity contribution is 0.202. The first-order chi connectivity index (χ1) is 12.3. The molecule has 1 aromatic carbocycles. The van der Waals surface area contributed by atoms with E-state index >= 15 is 0 Å². The van der Waals surface area contributed by atoms with E-state index < -0.39 is 0 Å². The van der Waals surface area contributed by atoms with Gasteiger partial charge in [0.05, 0.1) is 10.9 Å². The zero-order chi connectivity index (χ0) is 17.2. The maximum Gasteiger partial charge on any atom is 0.244 e. The highest BCUT2D eigenvalue weighted by Crippen LogP contribution is 2.36. The van der Waals surface area contributed by atoms with Crippen LogP contribution < -0.4 is 5.73 Å². The van der Waals surface area contributed by atoms with Crippen molar-refractivity contribution in [2.45, 2.75) is 18.9 Å². The zero-order valence-corrected chi connectivity index (χ0v) is 15.0. The molecular weight excluding hydrogens is 332 g/mol. The predicted octanol–water partition coefficient (Wildman–Crippen LogP) is 3.53. The molecule has 130 valence electrons. The number of thiophene rings is 1. The average molecular weight is 354 g/mol. The minimum absolute atomic E-state index is 0.0870. The molecule has 1 aliphatic heterocycles. The maximum absolute atomic E-state index is 6.05. The molecule has 0 spiro atoms. The number of rotatable bonds is 5. The van der Waals surface area contributed by atoms with Crippen molar-refractivity contribution < 1.29 is 4.52 Å². The van der Waals surface area contributed by atoms with Crippen LogP contribution in [0.2, 0.25) is 0 Å². The fourth-order valence-corrected chi connectivity index (χ4v) is 4.25. The van der Waals surface area contributed by atoms with Crippen LogP contribution in [-0.2, 0) is 0 Å². The van der Waals surface area contributed by atoms with Gasteiger partial charge in [-0.3, -0.25) is 4.90 Å². The summed E-state index contributed by atoms with van der Waals surface area (Å²) in [5, 5.41) is 6.16. The van der Waals surface area contributed by atoms with E-state index in [4.69, 9.17) is 10.3 Å². The lowest BCUT2D eigenvalue weighted by Crippen LogP contribution is -2.26. The Labute approximate surface area is 151 Å². The molecule has 0 amide bonds. The Morgan fingerprint density at radius 3 is 2.80 bits per heavy atom. The van der Waals surface area contributed by atoms with Crippen molar-refractivity contribution in [3.8, 4) is 10.7 Å². The molecule has 25 heavy (non-hydrogen) atoms. The third-order valence-electron chi connectivity index (χ3n) is 5.09. The van der Waals surface area contributed by atoms with E-state index in [9.17, 15) is 0 Å². The molecule has 0 bridgehead atoms. The summed E-state index contributed by atoms with van der Waals surface area (Å²) in [6.07, 6.45) is 0. The van der Waals surface area contributed by atoms with Crippen molar-refractivity contribution in [2.75, 3.05) is 19.6 Å². The van der Waals surface area contributed by atoms with Gasteiger partial charge in [-0.25, -0.2) is 0 Å². The Balaban J connectivity index is 1.52. The molecule has 0 radical (unpaired) electrons. The van der Waals surface area contributed by atoms with E-state index in [0.717, 1.165) is 18.0 Å². The van der Waals surface area contributed by atoms with Crippen molar-refractivity contribution in [3.05, 3.63) is 59.3 Å². The first-order valence-corrected chi connectivity index (χ1v) is 9.50. The Morgan fingerprint density at radius 1 is 1.24 bits per heavy atom. The van der Waals surface area contributed by atoms with E-state index in [1.165, 1.54) is 5.56 Å². The van der Waals surface area contributed by atoms with E-state index in [1.54, 1.807) is 11.3 Å². The summed E-state index contributed by atoms with van der Waals surface area (Å²) >= 11 is 1.62. The highest BCUT2D eigenvalue weighted by Gasteiger charge is 2.36. The van der Waals surface area contributed by atoms with Gasteiger partial charge in [-0.1, -0.05) is 41.6 Å². The van der Waals surface area contributed by atoms with E-state index in [2.05, 4.69) is 52.3 Å². The Bertz CT molecular complexity index is 802. The van der Waals surface area contributed by atoms with Gasteiger partial charge in [0.15, 0.2) is 0 Å². The highest BCUT2D eigenvalue weighted by atomic mass is 32.1. The van der Waals surface area contributed by atoms with Crippen molar-refractivity contribution in [2.24, 2.45) is 11.7 Å². The summed E-state index contributed by atoms with van der Waals surface area (Å²) in [7, 11) is 0. The number of hydrogen-bond acceptors (Lipinski definition) is 6. The number of nitrogens with two attached hydrogens (primary N) is 1. The molecular formula is C19H22N4OS. The maximum atomic E-state index is 6.05. The fourth-order valence-electron chi connectivity index (χ4n) is 3.60. The molecule has 3 heterocycles. The van der Waals surface area contributed by atoms with Gasteiger partial charge in [-0.05, 0) is 36.4 Å². The van der Waals surface area contributed by atoms with Gasteiger partial charge in [-0.15, -0.1) is 11.3 Å². The van der Waals surface area contributed by atoms with E-state index in [1.807, 2.05) is 17.5 Å². The minimum atomic E-state index is 0.0870. The number of nitrogens with zero attached hydrogens (tertiary/aromatic N) is 3. The molecule has 6 heteroatoms. The molecule has 4 rings (SSSR count). The van der Waals surface area contributed by atoms with Gasteiger partial charge in [0, 0.05) is 19.0 Å². The van der Waals surface area contributed by atoms with Crippen LogP contribution in [0.4, 0.5) is 0 Å². The Hall–Kier alpha value is -2.02. The second kappa shape index (κ2) is 7.07. The second-order valence-electron chi connectivity index (χ2n) is 6.58. The van der Waals surface area contributed by atoms with E-state index in [-0.39, 0.29) is 6.04 Å². The second-order valence-corrected chi connectivity index (χ2v) is 7.52. The van der Waals surface area contributed by atoms with Gasteiger partial charge in [0.25, 0.3) is 0 Å². The topological polar surface area (TPSA) is 68.2 Å². The van der Waals surface area contributed by atoms with E-state index in [0.29, 0.717) is 30.1 Å². The number of aromatic nitrogens is 2. The average Bonchev–Trinajstić information content (AvgIpc) is 3.41. The van der Waals surface area contributed by atoms with Crippen LogP contribution in [0.5, 0.6) is 0 Å². The summed E-state index contributed by atoms with van der Waals surface area (Å²) in [5.41, 5.74) is 7.41. The van der Waals surface area contributed by atoms with Crippen molar-refractivity contribution >= 4 is 11.3 Å². The van der Waals surface area contributed by atoms with Crippen LogP contribution in [0.25, 0.3) is 10.7 Å². The Morgan fingerprint density at radius 2 is 2.08 bits per heavy atom. The molecule has 0 aliphatic carbocycles. The molecule has 1 fully saturated rings. The number of benzene rings is 1. The largest absolute Gasteiger partial charge is 0.337 e. The summed E-state index contributed by atoms with van der Waals surface area (Å²) in [4.78, 5) is 8.04. The summed E-state index contributed by atoms with van der Waals surface area (Å²) in [6, 6.07) is 14.7. The van der Waals surface area contributed by atoms with Gasteiger partial charge in [0.1, 0.15) is 0 Å². The molecule has 2 N–H and O–H groups in total. The predicted molar refractivity (Wildman–Crippen MR) is 99.3 cm³/mol. The smallest absolute Gasteiger partial charge is 0.244 e. The quantitative estimate of drug-likeness (QED) is 0.759. The normalized spacial score (nSPS) is 22.3. The lowest BCUT2D eigenvalue weighted by atomic mass is 9.89. The zero-order valence-electron chi connectivity index (χ0n) is 14.2. The lowest BCUT2D eigenvalue weighted by Gasteiger charge is -2.21. The van der Waals surface area contributed by atoms with Crippen LogP contribution in [0.15, 0.2) is 52.4 Å². The van der Waals surface area contributed by atoms with Crippen LogP contribution in [0.1, 0.15) is 30.3 Å². The Kier molecular flexibility index (Phi) is 4.65. The third-order valence-corrected chi connectivity index (χ3v) is 5.95. The molecule has 0 saturated carbocycles. The monoisotopic (exact) mass is 354 g/mol. The van der Waals surface area contributed by atoms with Gasteiger partial charge < -0.3 is 10.3 Å². The van der Waals surface area contributed by atoms with Crippen LogP contribution in [0, 0.1) is 5.92 Å². The molecule has 3 atom stereocenters. The van der Waals surface area contributed by atoms with Crippen molar-refractivity contribution in [3.63, 3.8) is 0 Å². The molecule has 1 saturated heterocycles. The fraction of sp³-hybridized carbons (Fsp3) is 0.368.